The van der Waals surface area contributed by atoms with Gasteiger partial charge in [-0.2, -0.15) is 0 Å². The molecule has 2 unspecified atom stereocenters. The smallest absolute Gasteiger partial charge is 0.241 e. The number of rotatable bonds is 6. The number of nitrogens with zero attached hydrogens (tertiary/aromatic N) is 1. The van der Waals surface area contributed by atoms with Crippen molar-refractivity contribution in [2.24, 2.45) is 0 Å². The van der Waals surface area contributed by atoms with E-state index in [2.05, 4.69) is 5.32 Å². The molecule has 1 aliphatic rings. The maximum absolute atomic E-state index is 12.4. The highest BCUT2D eigenvalue weighted by Gasteiger charge is 2.38. The first-order chi connectivity index (χ1) is 10.0. The van der Waals surface area contributed by atoms with Crippen molar-refractivity contribution in [1.82, 2.24) is 10.2 Å². The fourth-order valence-corrected chi connectivity index (χ4v) is 2.64. The van der Waals surface area contributed by atoms with Crippen LogP contribution in [-0.2, 0) is 9.53 Å². The fourth-order valence-electron chi connectivity index (χ4n) is 2.52. The summed E-state index contributed by atoms with van der Waals surface area (Å²) in [7, 11) is 0. The summed E-state index contributed by atoms with van der Waals surface area (Å²) in [4.78, 5) is 14.3. The van der Waals surface area contributed by atoms with Gasteiger partial charge in [0.2, 0.25) is 5.91 Å². The average molecular weight is 311 g/mol. The molecule has 116 valence electrons. The van der Waals surface area contributed by atoms with Gasteiger partial charge in [-0.15, -0.1) is 0 Å². The van der Waals surface area contributed by atoms with Crippen LogP contribution in [0.2, 0.25) is 5.02 Å². The Morgan fingerprint density at radius 1 is 1.33 bits per heavy atom. The third-order valence-electron chi connectivity index (χ3n) is 3.63. The average Bonchev–Trinajstić information content (AvgIpc) is 2.76. The lowest BCUT2D eigenvalue weighted by molar-refractivity contribution is -0.131. The van der Waals surface area contributed by atoms with Crippen molar-refractivity contribution >= 4 is 17.5 Å². The van der Waals surface area contributed by atoms with Crippen LogP contribution in [0.25, 0.3) is 0 Å². The molecule has 0 aromatic heterocycles. The first kappa shape index (κ1) is 16.3. The summed E-state index contributed by atoms with van der Waals surface area (Å²) >= 11 is 5.94. The van der Waals surface area contributed by atoms with E-state index in [1.807, 2.05) is 49.9 Å². The Morgan fingerprint density at radius 2 is 2.00 bits per heavy atom. The van der Waals surface area contributed by atoms with Crippen LogP contribution in [0, 0.1) is 0 Å². The normalized spacial score (nSPS) is 22.3. The highest BCUT2D eigenvalue weighted by molar-refractivity contribution is 6.30. The van der Waals surface area contributed by atoms with Crippen molar-refractivity contribution in [3.8, 4) is 0 Å². The molecule has 0 bridgehead atoms. The molecule has 0 saturated carbocycles. The summed E-state index contributed by atoms with van der Waals surface area (Å²) in [6.45, 7) is 7.15. The molecule has 0 spiro atoms. The lowest BCUT2D eigenvalue weighted by Crippen LogP contribution is -2.34. The SMILES string of the molecule is CCC1NC(c2ccc(Cl)cc2)N(CCOC(C)C)C1=O. The first-order valence-electron chi connectivity index (χ1n) is 7.46. The van der Waals surface area contributed by atoms with Gasteiger partial charge >= 0.3 is 0 Å². The van der Waals surface area contributed by atoms with Crippen LogP contribution in [0.3, 0.4) is 0 Å². The second-order valence-electron chi connectivity index (χ2n) is 5.53. The summed E-state index contributed by atoms with van der Waals surface area (Å²) in [5, 5.41) is 4.09. The quantitative estimate of drug-likeness (QED) is 0.878. The zero-order valence-electron chi connectivity index (χ0n) is 12.8. The molecular formula is C16H23ClN2O2. The summed E-state index contributed by atoms with van der Waals surface area (Å²) in [5.74, 6) is 0.143. The summed E-state index contributed by atoms with van der Waals surface area (Å²) in [6, 6.07) is 7.50. The number of amides is 1. The molecule has 1 aromatic carbocycles. The van der Waals surface area contributed by atoms with E-state index >= 15 is 0 Å². The molecule has 1 aromatic rings. The largest absolute Gasteiger partial charge is 0.377 e. The van der Waals surface area contributed by atoms with Gasteiger partial charge in [-0.1, -0.05) is 30.7 Å². The Hall–Kier alpha value is -1.10. The maximum Gasteiger partial charge on any atom is 0.241 e. The molecule has 1 N–H and O–H groups in total. The molecule has 1 aliphatic heterocycles. The molecule has 4 nitrogen and oxygen atoms in total. The lowest BCUT2D eigenvalue weighted by Gasteiger charge is -2.25. The fraction of sp³-hybridized carbons (Fsp3) is 0.562. The first-order valence-corrected chi connectivity index (χ1v) is 7.84. The minimum atomic E-state index is -0.121. The highest BCUT2D eigenvalue weighted by Crippen LogP contribution is 2.27. The zero-order chi connectivity index (χ0) is 15.4. The third-order valence-corrected chi connectivity index (χ3v) is 3.88. The number of hydrogen-bond acceptors (Lipinski definition) is 3. The van der Waals surface area contributed by atoms with E-state index in [4.69, 9.17) is 16.3 Å². The minimum Gasteiger partial charge on any atom is -0.377 e. The van der Waals surface area contributed by atoms with Gasteiger partial charge in [0, 0.05) is 11.6 Å². The zero-order valence-corrected chi connectivity index (χ0v) is 13.6. The Labute approximate surface area is 131 Å². The molecule has 1 heterocycles. The number of carbonyl (C=O) groups excluding carboxylic acids is 1. The summed E-state index contributed by atoms with van der Waals surface area (Å²) in [6.07, 6.45) is 0.854. The second-order valence-corrected chi connectivity index (χ2v) is 5.97. The number of benzene rings is 1. The highest BCUT2D eigenvalue weighted by atomic mass is 35.5. The molecule has 0 aliphatic carbocycles. The number of halogens is 1. The minimum absolute atomic E-state index is 0.101. The van der Waals surface area contributed by atoms with E-state index in [1.165, 1.54) is 0 Å². The lowest BCUT2D eigenvalue weighted by atomic mass is 10.1. The Kier molecular flexibility index (Phi) is 5.62. The molecule has 2 atom stereocenters. The number of hydrogen-bond donors (Lipinski definition) is 1. The van der Waals surface area contributed by atoms with E-state index in [1.54, 1.807) is 0 Å². The van der Waals surface area contributed by atoms with Crippen molar-refractivity contribution < 1.29 is 9.53 Å². The number of ether oxygens (including phenoxy) is 1. The van der Waals surface area contributed by atoms with Gasteiger partial charge in [0.05, 0.1) is 18.8 Å². The van der Waals surface area contributed by atoms with Crippen LogP contribution in [0.15, 0.2) is 24.3 Å². The topological polar surface area (TPSA) is 41.6 Å². The van der Waals surface area contributed by atoms with E-state index < -0.39 is 0 Å². The predicted molar refractivity (Wildman–Crippen MR) is 84.2 cm³/mol. The number of nitrogens with one attached hydrogen (secondary N) is 1. The van der Waals surface area contributed by atoms with Gasteiger partial charge in [-0.25, -0.2) is 0 Å². The monoisotopic (exact) mass is 310 g/mol. The van der Waals surface area contributed by atoms with Crippen molar-refractivity contribution in [2.75, 3.05) is 13.2 Å². The van der Waals surface area contributed by atoms with Gasteiger partial charge < -0.3 is 9.64 Å². The van der Waals surface area contributed by atoms with E-state index in [9.17, 15) is 4.79 Å². The van der Waals surface area contributed by atoms with Gasteiger partial charge in [-0.05, 0) is 38.0 Å². The van der Waals surface area contributed by atoms with Crippen LogP contribution in [-0.4, -0.2) is 36.1 Å². The third kappa shape index (κ3) is 3.96. The molecule has 0 radical (unpaired) electrons. The van der Waals surface area contributed by atoms with Gasteiger partial charge in [-0.3, -0.25) is 10.1 Å². The van der Waals surface area contributed by atoms with Crippen LogP contribution >= 0.6 is 11.6 Å². The van der Waals surface area contributed by atoms with Crippen molar-refractivity contribution in [3.05, 3.63) is 34.9 Å². The molecule has 2 rings (SSSR count). The Balaban J connectivity index is 2.12. The number of carbonyl (C=O) groups is 1. The van der Waals surface area contributed by atoms with Crippen LogP contribution in [0.5, 0.6) is 0 Å². The van der Waals surface area contributed by atoms with Crippen molar-refractivity contribution in [1.29, 1.82) is 0 Å². The van der Waals surface area contributed by atoms with E-state index in [-0.39, 0.29) is 24.2 Å². The molecular weight excluding hydrogens is 288 g/mol. The van der Waals surface area contributed by atoms with Gasteiger partial charge in [0.25, 0.3) is 0 Å². The van der Waals surface area contributed by atoms with Gasteiger partial charge in [0.1, 0.15) is 6.17 Å². The van der Waals surface area contributed by atoms with E-state index in [0.717, 1.165) is 12.0 Å². The summed E-state index contributed by atoms with van der Waals surface area (Å²) < 4.78 is 5.58. The Bertz CT molecular complexity index is 476. The van der Waals surface area contributed by atoms with Gasteiger partial charge in [0.15, 0.2) is 0 Å². The predicted octanol–water partition coefficient (Wildman–Crippen LogP) is 2.97. The standard InChI is InChI=1S/C16H23ClN2O2/c1-4-14-16(20)19(9-10-21-11(2)3)15(18-14)12-5-7-13(17)8-6-12/h5-8,11,14-15,18H,4,9-10H2,1-3H3. The maximum atomic E-state index is 12.4. The van der Waals surface area contributed by atoms with E-state index in [0.29, 0.717) is 18.2 Å². The van der Waals surface area contributed by atoms with Crippen LogP contribution in [0.4, 0.5) is 0 Å². The van der Waals surface area contributed by atoms with Crippen molar-refractivity contribution in [3.63, 3.8) is 0 Å². The molecule has 1 amide bonds. The molecule has 1 saturated heterocycles. The second kappa shape index (κ2) is 7.25. The molecule has 1 fully saturated rings. The molecule has 5 heteroatoms. The van der Waals surface area contributed by atoms with Crippen LogP contribution < -0.4 is 5.32 Å². The van der Waals surface area contributed by atoms with Crippen LogP contribution in [0.1, 0.15) is 38.9 Å². The summed E-state index contributed by atoms with van der Waals surface area (Å²) in [5.41, 5.74) is 1.05. The molecule has 21 heavy (non-hydrogen) atoms. The van der Waals surface area contributed by atoms with Crippen molar-refractivity contribution in [2.45, 2.75) is 45.5 Å². The Morgan fingerprint density at radius 3 is 2.57 bits per heavy atom.